The number of aromatic nitrogens is 1. The quantitative estimate of drug-likeness (QED) is 0.246. The van der Waals surface area contributed by atoms with Gasteiger partial charge in [0.05, 0.1) is 22.9 Å². The summed E-state index contributed by atoms with van der Waals surface area (Å²) in [6.45, 7) is 2.06. The Kier molecular flexibility index (Phi) is 8.17. The fraction of sp³-hybridized carbons (Fsp3) is 0.161. The summed E-state index contributed by atoms with van der Waals surface area (Å²) in [5.74, 6) is 1.61. The van der Waals surface area contributed by atoms with E-state index in [1.165, 1.54) is 0 Å². The van der Waals surface area contributed by atoms with Gasteiger partial charge < -0.3 is 9.84 Å². The summed E-state index contributed by atoms with van der Waals surface area (Å²) in [5, 5.41) is 11.3. The average Bonchev–Trinajstić information content (AvgIpc) is 2.88. The molecule has 5 heteroatoms. The van der Waals surface area contributed by atoms with Gasteiger partial charge in [-0.3, -0.25) is 0 Å². The zero-order valence-corrected chi connectivity index (χ0v) is 20.7. The van der Waals surface area contributed by atoms with Crippen LogP contribution in [0.4, 0.5) is 0 Å². The number of pyridine rings is 1. The van der Waals surface area contributed by atoms with Crippen molar-refractivity contribution < 1.29 is 14.6 Å². The lowest BCUT2D eigenvalue weighted by Gasteiger charge is -2.18. The SMILES string of the molecule is C#CCOC(CCc1ccc(C)cc1C(=O)O)c1cccc(/C=C/c2ccc3ccc(Cl)cc3n2)c1. The van der Waals surface area contributed by atoms with Crippen molar-refractivity contribution in [3.63, 3.8) is 0 Å². The van der Waals surface area contributed by atoms with E-state index in [4.69, 9.17) is 22.8 Å². The summed E-state index contributed by atoms with van der Waals surface area (Å²) in [6, 6.07) is 23.2. The molecule has 0 aliphatic heterocycles. The maximum absolute atomic E-state index is 11.7. The van der Waals surface area contributed by atoms with Crippen molar-refractivity contribution in [2.45, 2.75) is 25.9 Å². The van der Waals surface area contributed by atoms with Crippen LogP contribution in [0.25, 0.3) is 23.1 Å². The van der Waals surface area contributed by atoms with Crippen LogP contribution in [-0.4, -0.2) is 22.7 Å². The van der Waals surface area contributed by atoms with Gasteiger partial charge in [-0.1, -0.05) is 71.6 Å². The second kappa shape index (κ2) is 11.7. The van der Waals surface area contributed by atoms with E-state index in [1.54, 1.807) is 6.07 Å². The minimum absolute atomic E-state index is 0.175. The zero-order chi connectivity index (χ0) is 25.5. The normalized spacial score (nSPS) is 12.0. The number of carboxylic acid groups (broad SMARTS) is 1. The van der Waals surface area contributed by atoms with E-state index in [9.17, 15) is 9.90 Å². The standard InChI is InChI=1S/C31H26ClNO3/c1-3-17-36-30(16-12-23-9-7-21(2)18-28(23)31(34)35)25-6-4-5-22(19-25)8-14-27-15-11-24-10-13-26(32)20-29(24)33-27/h1,4-11,13-15,18-20,30H,12,16-17H2,2H3,(H,34,35)/b14-8+. The molecule has 1 atom stereocenters. The largest absolute Gasteiger partial charge is 0.478 e. The van der Waals surface area contributed by atoms with Crippen molar-refractivity contribution in [3.8, 4) is 12.3 Å². The second-order valence-electron chi connectivity index (χ2n) is 8.58. The molecule has 0 saturated heterocycles. The lowest BCUT2D eigenvalue weighted by molar-refractivity contribution is 0.0680. The van der Waals surface area contributed by atoms with Crippen molar-refractivity contribution in [3.05, 3.63) is 111 Å². The van der Waals surface area contributed by atoms with Crippen molar-refractivity contribution in [2.75, 3.05) is 6.61 Å². The minimum atomic E-state index is -0.925. The molecule has 1 N–H and O–H groups in total. The second-order valence-corrected chi connectivity index (χ2v) is 9.02. The van der Waals surface area contributed by atoms with Crippen LogP contribution in [0.3, 0.4) is 0 Å². The number of benzene rings is 3. The Bertz CT molecular complexity index is 1470. The summed E-state index contributed by atoms with van der Waals surface area (Å²) in [4.78, 5) is 16.4. The van der Waals surface area contributed by atoms with Gasteiger partial charge in [-0.15, -0.1) is 6.42 Å². The van der Waals surface area contributed by atoms with Gasteiger partial charge in [0.2, 0.25) is 0 Å². The number of rotatable bonds is 9. The van der Waals surface area contributed by atoms with Gasteiger partial charge in [-0.25, -0.2) is 9.78 Å². The molecule has 0 radical (unpaired) electrons. The summed E-state index contributed by atoms with van der Waals surface area (Å²) in [5.41, 5.74) is 5.67. The van der Waals surface area contributed by atoms with Gasteiger partial charge in [0.25, 0.3) is 0 Å². The third kappa shape index (κ3) is 6.40. The molecule has 180 valence electrons. The summed E-state index contributed by atoms with van der Waals surface area (Å²) < 4.78 is 5.97. The molecular formula is C31H26ClNO3. The third-order valence-electron chi connectivity index (χ3n) is 5.94. The van der Waals surface area contributed by atoms with E-state index < -0.39 is 5.97 Å². The number of halogens is 1. The molecule has 4 aromatic rings. The van der Waals surface area contributed by atoms with Crippen LogP contribution in [0, 0.1) is 19.3 Å². The number of hydrogen-bond donors (Lipinski definition) is 1. The van der Waals surface area contributed by atoms with Gasteiger partial charge in [0.1, 0.15) is 6.61 Å². The molecule has 4 nitrogen and oxygen atoms in total. The first-order valence-corrected chi connectivity index (χ1v) is 12.0. The predicted molar refractivity (Wildman–Crippen MR) is 146 cm³/mol. The summed E-state index contributed by atoms with van der Waals surface area (Å²) in [7, 11) is 0. The van der Waals surface area contributed by atoms with Gasteiger partial charge in [0.15, 0.2) is 0 Å². The van der Waals surface area contributed by atoms with E-state index in [-0.39, 0.29) is 12.7 Å². The van der Waals surface area contributed by atoms with Crippen LogP contribution in [0.5, 0.6) is 0 Å². The van der Waals surface area contributed by atoms with Crippen molar-refractivity contribution in [2.24, 2.45) is 0 Å². The zero-order valence-electron chi connectivity index (χ0n) is 19.9. The van der Waals surface area contributed by atoms with Gasteiger partial charge >= 0.3 is 5.97 Å². The highest BCUT2D eigenvalue weighted by molar-refractivity contribution is 6.31. The van der Waals surface area contributed by atoms with Gasteiger partial charge in [0, 0.05) is 10.4 Å². The van der Waals surface area contributed by atoms with E-state index in [1.807, 2.05) is 79.7 Å². The lowest BCUT2D eigenvalue weighted by Crippen LogP contribution is -2.09. The van der Waals surface area contributed by atoms with Crippen LogP contribution in [0.2, 0.25) is 5.02 Å². The Morgan fingerprint density at radius 2 is 1.94 bits per heavy atom. The number of aromatic carboxylic acids is 1. The first-order valence-electron chi connectivity index (χ1n) is 11.6. The van der Waals surface area contributed by atoms with E-state index >= 15 is 0 Å². The number of nitrogens with zero attached hydrogens (tertiary/aromatic N) is 1. The Morgan fingerprint density at radius 3 is 2.75 bits per heavy atom. The number of terminal acetylenes is 1. The molecule has 0 amide bonds. The summed E-state index contributed by atoms with van der Waals surface area (Å²) >= 11 is 6.11. The molecule has 3 aromatic carbocycles. The first kappa shape index (κ1) is 25.2. The monoisotopic (exact) mass is 495 g/mol. The fourth-order valence-electron chi connectivity index (χ4n) is 4.13. The molecule has 0 fully saturated rings. The van der Waals surface area contributed by atoms with E-state index in [0.717, 1.165) is 38.9 Å². The molecule has 1 aromatic heterocycles. The average molecular weight is 496 g/mol. The van der Waals surface area contributed by atoms with Crippen LogP contribution < -0.4 is 0 Å². The molecule has 36 heavy (non-hydrogen) atoms. The highest BCUT2D eigenvalue weighted by Crippen LogP contribution is 2.26. The lowest BCUT2D eigenvalue weighted by atomic mass is 9.96. The first-order chi connectivity index (χ1) is 17.4. The minimum Gasteiger partial charge on any atom is -0.478 e. The molecule has 0 saturated carbocycles. The van der Waals surface area contributed by atoms with E-state index in [0.29, 0.717) is 23.4 Å². The topological polar surface area (TPSA) is 59.4 Å². The number of hydrogen-bond acceptors (Lipinski definition) is 3. The van der Waals surface area contributed by atoms with Crippen molar-refractivity contribution >= 4 is 40.6 Å². The Labute approximate surface area is 216 Å². The molecule has 0 spiro atoms. The maximum atomic E-state index is 11.7. The number of fused-ring (bicyclic) bond motifs is 1. The molecule has 0 aliphatic rings. The predicted octanol–water partition coefficient (Wildman–Crippen LogP) is 7.39. The molecular weight excluding hydrogens is 470 g/mol. The maximum Gasteiger partial charge on any atom is 0.335 e. The van der Waals surface area contributed by atoms with Crippen molar-refractivity contribution in [1.29, 1.82) is 0 Å². The molecule has 0 aliphatic carbocycles. The van der Waals surface area contributed by atoms with Gasteiger partial charge in [-0.05, 0) is 72.9 Å². The molecule has 1 heterocycles. The summed E-state index contributed by atoms with van der Waals surface area (Å²) in [6.07, 6.45) is 10.3. The third-order valence-corrected chi connectivity index (χ3v) is 6.18. The number of aryl methyl sites for hydroxylation is 2. The number of carbonyl (C=O) groups is 1. The fourth-order valence-corrected chi connectivity index (χ4v) is 4.30. The Hall–Kier alpha value is -3.91. The highest BCUT2D eigenvalue weighted by Gasteiger charge is 2.16. The van der Waals surface area contributed by atoms with Crippen LogP contribution in [-0.2, 0) is 11.2 Å². The van der Waals surface area contributed by atoms with Crippen LogP contribution >= 0.6 is 11.6 Å². The van der Waals surface area contributed by atoms with E-state index in [2.05, 4.69) is 17.0 Å². The van der Waals surface area contributed by atoms with Crippen molar-refractivity contribution in [1.82, 2.24) is 4.98 Å². The smallest absolute Gasteiger partial charge is 0.335 e. The molecule has 4 rings (SSSR count). The Balaban J connectivity index is 1.54. The number of ether oxygens (including phenoxy) is 1. The number of carboxylic acids is 1. The molecule has 0 bridgehead atoms. The van der Waals surface area contributed by atoms with Crippen LogP contribution in [0.1, 0.15) is 50.8 Å². The Morgan fingerprint density at radius 1 is 1.11 bits per heavy atom. The van der Waals surface area contributed by atoms with Crippen LogP contribution in [0.15, 0.2) is 72.8 Å². The van der Waals surface area contributed by atoms with Gasteiger partial charge in [-0.2, -0.15) is 0 Å². The molecule has 1 unspecified atom stereocenters. The highest BCUT2D eigenvalue weighted by atomic mass is 35.5.